The smallest absolute Gasteiger partial charge is 0.0623 e. The Kier molecular flexibility index (Phi) is 6.45. The van der Waals surface area contributed by atoms with E-state index in [9.17, 15) is 5.11 Å². The summed E-state index contributed by atoms with van der Waals surface area (Å²) in [4.78, 5) is 2.45. The Bertz CT molecular complexity index is 202. The molecular formula is C14H30N2O. The van der Waals surface area contributed by atoms with E-state index in [1.807, 2.05) is 0 Å². The third kappa shape index (κ3) is 4.94. The van der Waals surface area contributed by atoms with Gasteiger partial charge in [-0.25, -0.2) is 0 Å². The first-order chi connectivity index (χ1) is 8.11. The van der Waals surface area contributed by atoms with E-state index < -0.39 is 0 Å². The normalized spacial score (nSPS) is 22.4. The molecule has 17 heavy (non-hydrogen) atoms. The van der Waals surface area contributed by atoms with Crippen LogP contribution in [-0.2, 0) is 0 Å². The van der Waals surface area contributed by atoms with Crippen LogP contribution in [0.5, 0.6) is 0 Å². The van der Waals surface area contributed by atoms with Crippen molar-refractivity contribution in [1.82, 2.24) is 10.2 Å². The van der Waals surface area contributed by atoms with E-state index in [1.165, 1.54) is 38.5 Å². The molecule has 1 unspecified atom stereocenters. The van der Waals surface area contributed by atoms with Gasteiger partial charge in [-0.15, -0.1) is 0 Å². The molecule has 1 atom stereocenters. The Morgan fingerprint density at radius 1 is 1.24 bits per heavy atom. The lowest BCUT2D eigenvalue weighted by Gasteiger charge is -2.37. The quantitative estimate of drug-likeness (QED) is 0.699. The summed E-state index contributed by atoms with van der Waals surface area (Å²) in [6, 6.07) is 0.710. The number of nitrogens with zero attached hydrogens (tertiary/aromatic N) is 1. The summed E-state index contributed by atoms with van der Waals surface area (Å²) < 4.78 is 0. The Hall–Kier alpha value is -0.120. The Labute approximate surface area is 107 Å². The van der Waals surface area contributed by atoms with Crippen molar-refractivity contribution >= 4 is 0 Å². The first-order valence-corrected chi connectivity index (χ1v) is 7.17. The highest BCUT2D eigenvalue weighted by atomic mass is 16.3. The molecule has 1 rings (SSSR count). The number of hydrogen-bond donors (Lipinski definition) is 2. The zero-order valence-electron chi connectivity index (χ0n) is 11.8. The standard InChI is InChI=1S/C14H30N2O/c1-4-15-14(2,12-17)11-16(3)13-9-7-5-6-8-10-13/h13,15,17H,4-12H2,1-3H3. The molecule has 1 fully saturated rings. The SMILES string of the molecule is CCNC(C)(CO)CN(C)C1CCCCCC1. The maximum atomic E-state index is 9.53. The molecule has 1 aliphatic carbocycles. The molecule has 0 aromatic heterocycles. The average molecular weight is 242 g/mol. The zero-order chi connectivity index (χ0) is 12.7. The summed E-state index contributed by atoms with van der Waals surface area (Å²) in [7, 11) is 2.21. The Morgan fingerprint density at radius 3 is 2.29 bits per heavy atom. The van der Waals surface area contributed by atoms with Crippen LogP contribution in [0, 0.1) is 0 Å². The summed E-state index contributed by atoms with van der Waals surface area (Å²) in [5.74, 6) is 0. The van der Waals surface area contributed by atoms with Gasteiger partial charge in [0.15, 0.2) is 0 Å². The van der Waals surface area contributed by atoms with E-state index in [2.05, 4.69) is 31.1 Å². The van der Waals surface area contributed by atoms with Crippen LogP contribution in [0.1, 0.15) is 52.4 Å². The van der Waals surface area contributed by atoms with Gasteiger partial charge in [0.2, 0.25) is 0 Å². The first-order valence-electron chi connectivity index (χ1n) is 7.17. The molecule has 0 aromatic carbocycles. The highest BCUT2D eigenvalue weighted by Gasteiger charge is 2.27. The Morgan fingerprint density at radius 2 is 1.82 bits per heavy atom. The minimum Gasteiger partial charge on any atom is -0.394 e. The highest BCUT2D eigenvalue weighted by molar-refractivity contribution is 4.87. The van der Waals surface area contributed by atoms with Crippen LogP contribution < -0.4 is 5.32 Å². The van der Waals surface area contributed by atoms with Crippen LogP contribution in [0.25, 0.3) is 0 Å². The van der Waals surface area contributed by atoms with Gasteiger partial charge < -0.3 is 15.3 Å². The highest BCUT2D eigenvalue weighted by Crippen LogP contribution is 2.22. The van der Waals surface area contributed by atoms with Gasteiger partial charge in [-0.2, -0.15) is 0 Å². The predicted molar refractivity (Wildman–Crippen MR) is 73.3 cm³/mol. The van der Waals surface area contributed by atoms with Gasteiger partial charge in [-0.05, 0) is 33.4 Å². The van der Waals surface area contributed by atoms with Crippen molar-refractivity contribution in [3.63, 3.8) is 0 Å². The molecule has 3 nitrogen and oxygen atoms in total. The van der Waals surface area contributed by atoms with Crippen LogP contribution in [0.3, 0.4) is 0 Å². The number of aliphatic hydroxyl groups excluding tert-OH is 1. The predicted octanol–water partition coefficient (Wildman–Crippen LogP) is 2.00. The van der Waals surface area contributed by atoms with Crippen molar-refractivity contribution in [1.29, 1.82) is 0 Å². The number of nitrogens with one attached hydrogen (secondary N) is 1. The maximum absolute atomic E-state index is 9.53. The van der Waals surface area contributed by atoms with E-state index in [4.69, 9.17) is 0 Å². The average Bonchev–Trinajstić information content (AvgIpc) is 2.57. The van der Waals surface area contributed by atoms with Gasteiger partial charge in [0.25, 0.3) is 0 Å². The molecule has 0 heterocycles. The molecular weight excluding hydrogens is 212 g/mol. The molecule has 0 aromatic rings. The second kappa shape index (κ2) is 7.34. The molecule has 0 bridgehead atoms. The van der Waals surface area contributed by atoms with Crippen molar-refractivity contribution < 1.29 is 5.11 Å². The second-order valence-corrected chi connectivity index (χ2v) is 5.81. The van der Waals surface area contributed by atoms with E-state index in [-0.39, 0.29) is 12.1 Å². The van der Waals surface area contributed by atoms with Gasteiger partial charge in [-0.3, -0.25) is 0 Å². The first kappa shape index (κ1) is 14.9. The fraction of sp³-hybridized carbons (Fsp3) is 1.00. The lowest BCUT2D eigenvalue weighted by Crippen LogP contribution is -2.54. The molecule has 2 N–H and O–H groups in total. The van der Waals surface area contributed by atoms with E-state index in [0.29, 0.717) is 6.04 Å². The van der Waals surface area contributed by atoms with Crippen LogP contribution in [0.4, 0.5) is 0 Å². The number of aliphatic hydroxyl groups is 1. The van der Waals surface area contributed by atoms with E-state index in [1.54, 1.807) is 0 Å². The van der Waals surface area contributed by atoms with Crippen molar-refractivity contribution in [2.75, 3.05) is 26.7 Å². The monoisotopic (exact) mass is 242 g/mol. The summed E-state index contributed by atoms with van der Waals surface area (Å²) in [6.07, 6.45) is 8.18. The van der Waals surface area contributed by atoms with Crippen LogP contribution in [0.2, 0.25) is 0 Å². The largest absolute Gasteiger partial charge is 0.394 e. The summed E-state index contributed by atoms with van der Waals surface area (Å²) in [6.45, 7) is 6.26. The molecule has 3 heteroatoms. The summed E-state index contributed by atoms with van der Waals surface area (Å²) >= 11 is 0. The third-order valence-corrected chi connectivity index (χ3v) is 4.00. The number of likely N-dealkylation sites (N-methyl/N-ethyl adjacent to an activating group) is 2. The molecule has 102 valence electrons. The Balaban J connectivity index is 2.47. The maximum Gasteiger partial charge on any atom is 0.0623 e. The van der Waals surface area contributed by atoms with E-state index in [0.717, 1.165) is 13.1 Å². The van der Waals surface area contributed by atoms with Gasteiger partial charge in [0.1, 0.15) is 0 Å². The topological polar surface area (TPSA) is 35.5 Å². The van der Waals surface area contributed by atoms with Gasteiger partial charge in [-0.1, -0.05) is 32.6 Å². The number of rotatable bonds is 6. The van der Waals surface area contributed by atoms with Crippen molar-refractivity contribution in [3.8, 4) is 0 Å². The fourth-order valence-corrected chi connectivity index (χ4v) is 2.97. The fourth-order valence-electron chi connectivity index (χ4n) is 2.97. The van der Waals surface area contributed by atoms with Crippen molar-refractivity contribution in [3.05, 3.63) is 0 Å². The van der Waals surface area contributed by atoms with Crippen LogP contribution in [-0.4, -0.2) is 48.3 Å². The minimum atomic E-state index is -0.157. The molecule has 0 amide bonds. The van der Waals surface area contributed by atoms with E-state index >= 15 is 0 Å². The molecule has 1 saturated carbocycles. The molecule has 0 radical (unpaired) electrons. The van der Waals surface area contributed by atoms with Gasteiger partial charge >= 0.3 is 0 Å². The molecule has 0 saturated heterocycles. The summed E-state index contributed by atoms with van der Waals surface area (Å²) in [5, 5.41) is 12.9. The van der Waals surface area contributed by atoms with Crippen molar-refractivity contribution in [2.24, 2.45) is 0 Å². The minimum absolute atomic E-state index is 0.157. The molecule has 0 aliphatic heterocycles. The molecule has 1 aliphatic rings. The third-order valence-electron chi connectivity index (χ3n) is 4.00. The van der Waals surface area contributed by atoms with Gasteiger partial charge in [0, 0.05) is 12.6 Å². The lowest BCUT2D eigenvalue weighted by molar-refractivity contribution is 0.107. The number of hydrogen-bond acceptors (Lipinski definition) is 3. The van der Waals surface area contributed by atoms with Crippen molar-refractivity contribution in [2.45, 2.75) is 64.0 Å². The van der Waals surface area contributed by atoms with Crippen LogP contribution in [0.15, 0.2) is 0 Å². The van der Waals surface area contributed by atoms with Crippen LogP contribution >= 0.6 is 0 Å². The summed E-state index contributed by atoms with van der Waals surface area (Å²) in [5.41, 5.74) is -0.157. The zero-order valence-corrected chi connectivity index (χ0v) is 11.8. The molecule has 0 spiro atoms. The second-order valence-electron chi connectivity index (χ2n) is 5.81. The van der Waals surface area contributed by atoms with Gasteiger partial charge in [0.05, 0.1) is 12.1 Å². The lowest BCUT2D eigenvalue weighted by atomic mass is 10.00.